The van der Waals surface area contributed by atoms with Crippen molar-refractivity contribution in [2.75, 3.05) is 13.1 Å². The maximum atomic E-state index is 12.9. The summed E-state index contributed by atoms with van der Waals surface area (Å²) < 4.78 is 0. The number of rotatable bonds is 4. The van der Waals surface area contributed by atoms with E-state index in [4.69, 9.17) is 0 Å². The highest BCUT2D eigenvalue weighted by Crippen LogP contribution is 2.55. The van der Waals surface area contributed by atoms with Gasteiger partial charge < -0.3 is 5.32 Å². The molecule has 4 bridgehead atoms. The molecule has 1 aromatic carbocycles. The first-order valence-electron chi connectivity index (χ1n) is 10.3. The molecule has 0 aromatic heterocycles. The smallest absolute Gasteiger partial charge is 0.251 e. The van der Waals surface area contributed by atoms with Gasteiger partial charge in [-0.1, -0.05) is 12.1 Å². The summed E-state index contributed by atoms with van der Waals surface area (Å²) in [5.74, 6) is 2.76. The molecule has 1 saturated heterocycles. The molecule has 0 radical (unpaired) electrons. The molecule has 3 heteroatoms. The van der Waals surface area contributed by atoms with Gasteiger partial charge in [0.05, 0.1) is 0 Å². The van der Waals surface area contributed by atoms with E-state index in [2.05, 4.69) is 22.3 Å². The van der Waals surface area contributed by atoms with Crippen LogP contribution in [0, 0.1) is 17.8 Å². The van der Waals surface area contributed by atoms with E-state index in [-0.39, 0.29) is 11.4 Å². The van der Waals surface area contributed by atoms with Crippen molar-refractivity contribution in [3.05, 3.63) is 35.4 Å². The zero-order valence-corrected chi connectivity index (χ0v) is 15.2. The predicted octanol–water partition coefficient (Wildman–Crippen LogP) is 3.98. The molecule has 0 spiro atoms. The van der Waals surface area contributed by atoms with E-state index in [1.54, 1.807) is 0 Å². The number of nitrogens with one attached hydrogen (secondary N) is 1. The summed E-state index contributed by atoms with van der Waals surface area (Å²) in [6, 6.07) is 8.35. The van der Waals surface area contributed by atoms with Crippen molar-refractivity contribution >= 4 is 5.91 Å². The molecule has 0 unspecified atom stereocenters. The van der Waals surface area contributed by atoms with Gasteiger partial charge in [0.15, 0.2) is 0 Å². The quantitative estimate of drug-likeness (QED) is 0.900. The molecule has 1 N–H and O–H groups in total. The van der Waals surface area contributed by atoms with Crippen molar-refractivity contribution in [1.29, 1.82) is 0 Å². The molecule has 5 fully saturated rings. The van der Waals surface area contributed by atoms with Crippen molar-refractivity contribution in [1.82, 2.24) is 10.2 Å². The molecule has 1 amide bonds. The van der Waals surface area contributed by atoms with E-state index in [1.807, 2.05) is 12.1 Å². The standard InChI is InChI=1S/C22H30N2O/c25-21(20-5-3-16(4-6-20)15-24-7-1-2-8-24)23-22-12-17-9-18(13-22)11-19(10-17)14-22/h3-6,17-19H,1-2,7-15H2,(H,23,25). The molecule has 0 atom stereocenters. The minimum absolute atomic E-state index is 0.111. The minimum Gasteiger partial charge on any atom is -0.347 e. The van der Waals surface area contributed by atoms with E-state index >= 15 is 0 Å². The molecule has 5 aliphatic rings. The number of likely N-dealkylation sites (tertiary alicyclic amines) is 1. The van der Waals surface area contributed by atoms with Crippen molar-refractivity contribution < 1.29 is 4.79 Å². The summed E-state index contributed by atoms with van der Waals surface area (Å²) in [5, 5.41) is 3.48. The van der Waals surface area contributed by atoms with Crippen LogP contribution in [0.4, 0.5) is 0 Å². The topological polar surface area (TPSA) is 32.3 Å². The Morgan fingerprint density at radius 2 is 1.52 bits per heavy atom. The molecule has 3 nitrogen and oxygen atoms in total. The van der Waals surface area contributed by atoms with Gasteiger partial charge in [0.1, 0.15) is 0 Å². The van der Waals surface area contributed by atoms with E-state index in [0.717, 1.165) is 29.9 Å². The lowest BCUT2D eigenvalue weighted by Gasteiger charge is -2.56. The van der Waals surface area contributed by atoms with Gasteiger partial charge in [-0.05, 0) is 99.9 Å². The minimum atomic E-state index is 0.111. The summed E-state index contributed by atoms with van der Waals surface area (Å²) in [7, 11) is 0. The van der Waals surface area contributed by atoms with Gasteiger partial charge in [-0.25, -0.2) is 0 Å². The Bertz CT molecular complexity index is 609. The zero-order valence-electron chi connectivity index (χ0n) is 15.2. The molecule has 6 rings (SSSR count). The molecule has 4 aliphatic carbocycles. The largest absolute Gasteiger partial charge is 0.347 e. The van der Waals surface area contributed by atoms with Crippen LogP contribution in [-0.4, -0.2) is 29.4 Å². The highest BCUT2D eigenvalue weighted by atomic mass is 16.1. The summed E-state index contributed by atoms with van der Waals surface area (Å²) in [6.07, 6.45) is 10.6. The second kappa shape index (κ2) is 6.12. The highest BCUT2D eigenvalue weighted by molar-refractivity contribution is 5.94. The zero-order chi connectivity index (χ0) is 16.9. The van der Waals surface area contributed by atoms with Gasteiger partial charge in [0.2, 0.25) is 0 Å². The highest BCUT2D eigenvalue weighted by Gasteiger charge is 2.51. The Morgan fingerprint density at radius 3 is 2.08 bits per heavy atom. The monoisotopic (exact) mass is 338 g/mol. The lowest BCUT2D eigenvalue weighted by atomic mass is 9.53. The summed E-state index contributed by atoms with van der Waals surface area (Å²) in [6.45, 7) is 3.46. The first kappa shape index (κ1) is 15.9. The molecule has 1 aromatic rings. The van der Waals surface area contributed by atoms with Crippen molar-refractivity contribution in [2.45, 2.75) is 63.5 Å². The van der Waals surface area contributed by atoms with E-state index in [1.165, 1.54) is 70.0 Å². The van der Waals surface area contributed by atoms with Crippen LogP contribution in [0.5, 0.6) is 0 Å². The lowest BCUT2D eigenvalue weighted by molar-refractivity contribution is -0.0167. The fraction of sp³-hybridized carbons (Fsp3) is 0.682. The Morgan fingerprint density at radius 1 is 0.960 bits per heavy atom. The van der Waals surface area contributed by atoms with Gasteiger partial charge >= 0.3 is 0 Å². The number of hydrogen-bond donors (Lipinski definition) is 1. The molecule has 134 valence electrons. The van der Waals surface area contributed by atoms with E-state index in [0.29, 0.717) is 0 Å². The van der Waals surface area contributed by atoms with Gasteiger partial charge in [0, 0.05) is 17.6 Å². The van der Waals surface area contributed by atoms with Gasteiger partial charge in [-0.15, -0.1) is 0 Å². The van der Waals surface area contributed by atoms with Gasteiger partial charge in [0.25, 0.3) is 5.91 Å². The van der Waals surface area contributed by atoms with Crippen LogP contribution in [0.1, 0.15) is 67.3 Å². The van der Waals surface area contributed by atoms with E-state index in [9.17, 15) is 4.79 Å². The van der Waals surface area contributed by atoms with Crippen molar-refractivity contribution in [3.63, 3.8) is 0 Å². The Hall–Kier alpha value is -1.35. The number of benzene rings is 1. The fourth-order valence-corrected chi connectivity index (χ4v) is 6.54. The Balaban J connectivity index is 1.25. The van der Waals surface area contributed by atoms with Crippen LogP contribution in [0.3, 0.4) is 0 Å². The Kier molecular flexibility index (Phi) is 3.89. The average molecular weight is 338 g/mol. The first-order valence-corrected chi connectivity index (χ1v) is 10.3. The molecule has 1 heterocycles. The van der Waals surface area contributed by atoms with Gasteiger partial charge in [-0.3, -0.25) is 9.69 Å². The van der Waals surface area contributed by atoms with Crippen molar-refractivity contribution in [2.24, 2.45) is 17.8 Å². The van der Waals surface area contributed by atoms with Crippen molar-refractivity contribution in [3.8, 4) is 0 Å². The molecule has 1 aliphatic heterocycles. The van der Waals surface area contributed by atoms with Crippen LogP contribution in [0.15, 0.2) is 24.3 Å². The fourth-order valence-electron chi connectivity index (χ4n) is 6.54. The van der Waals surface area contributed by atoms with Crippen LogP contribution in [0.2, 0.25) is 0 Å². The number of nitrogens with zero attached hydrogens (tertiary/aromatic N) is 1. The van der Waals surface area contributed by atoms with Gasteiger partial charge in [-0.2, -0.15) is 0 Å². The van der Waals surface area contributed by atoms with E-state index < -0.39 is 0 Å². The lowest BCUT2D eigenvalue weighted by Crippen LogP contribution is -2.59. The maximum absolute atomic E-state index is 12.9. The second-order valence-corrected chi connectivity index (χ2v) is 9.33. The first-order chi connectivity index (χ1) is 12.2. The number of hydrogen-bond acceptors (Lipinski definition) is 2. The molecule has 25 heavy (non-hydrogen) atoms. The molecule has 4 saturated carbocycles. The van der Waals surface area contributed by atoms with Crippen LogP contribution in [-0.2, 0) is 6.54 Å². The summed E-state index contributed by atoms with van der Waals surface area (Å²) in [4.78, 5) is 15.4. The summed E-state index contributed by atoms with van der Waals surface area (Å²) >= 11 is 0. The maximum Gasteiger partial charge on any atom is 0.251 e. The van der Waals surface area contributed by atoms with Crippen LogP contribution >= 0.6 is 0 Å². The molecular formula is C22H30N2O. The SMILES string of the molecule is O=C(NC12CC3CC(CC(C3)C1)C2)c1ccc(CN2CCCC2)cc1. The number of amides is 1. The van der Waals surface area contributed by atoms with Crippen LogP contribution < -0.4 is 5.32 Å². The number of carbonyl (C=O) groups excluding carboxylic acids is 1. The Labute approximate surface area is 151 Å². The van der Waals surface area contributed by atoms with Crippen LogP contribution in [0.25, 0.3) is 0 Å². The average Bonchev–Trinajstić information content (AvgIpc) is 3.06. The third kappa shape index (κ3) is 3.12. The normalized spacial score (nSPS) is 36.7. The summed E-state index contributed by atoms with van der Waals surface area (Å²) in [5.41, 5.74) is 2.27. The second-order valence-electron chi connectivity index (χ2n) is 9.33. The predicted molar refractivity (Wildman–Crippen MR) is 99.3 cm³/mol. The third-order valence-electron chi connectivity index (χ3n) is 7.24. The third-order valence-corrected chi connectivity index (χ3v) is 7.24. The number of carbonyl (C=O) groups is 1. The molecular weight excluding hydrogens is 308 g/mol.